The molecular weight excluding hydrogens is 506 g/mol. The van der Waals surface area contributed by atoms with E-state index in [0.29, 0.717) is 55.2 Å². The maximum atomic E-state index is 13.6. The van der Waals surface area contributed by atoms with Gasteiger partial charge in [-0.25, -0.2) is 0 Å². The zero-order valence-corrected chi connectivity index (χ0v) is 24.2. The molecule has 3 fully saturated rings. The molecule has 0 bridgehead atoms. The van der Waals surface area contributed by atoms with Crippen molar-refractivity contribution in [2.24, 2.45) is 5.92 Å². The number of nitrogens with one attached hydrogen (secondary N) is 2. The van der Waals surface area contributed by atoms with E-state index in [-0.39, 0.29) is 12.0 Å². The first-order valence-corrected chi connectivity index (χ1v) is 14.9. The van der Waals surface area contributed by atoms with Crippen LogP contribution in [0.15, 0.2) is 30.3 Å². The van der Waals surface area contributed by atoms with Gasteiger partial charge in [0.15, 0.2) is 5.69 Å². The first-order chi connectivity index (χ1) is 19.6. The monoisotopic (exact) mass is 551 g/mol. The molecule has 9 nitrogen and oxygen atoms in total. The summed E-state index contributed by atoms with van der Waals surface area (Å²) in [6.45, 7) is 5.55. The van der Waals surface area contributed by atoms with Crippen molar-refractivity contribution in [1.82, 2.24) is 20.4 Å². The van der Waals surface area contributed by atoms with E-state index in [1.165, 1.54) is 24.8 Å². The van der Waals surface area contributed by atoms with Crippen LogP contribution in [0.1, 0.15) is 72.5 Å². The van der Waals surface area contributed by atoms with Crippen molar-refractivity contribution >= 4 is 11.6 Å². The molecule has 2 aromatic rings. The minimum Gasteiger partial charge on any atom is -0.478 e. The van der Waals surface area contributed by atoms with Crippen molar-refractivity contribution in [3.05, 3.63) is 47.2 Å². The van der Waals surface area contributed by atoms with Gasteiger partial charge in [0.25, 0.3) is 11.8 Å². The summed E-state index contributed by atoms with van der Waals surface area (Å²) >= 11 is 0. The van der Waals surface area contributed by atoms with Gasteiger partial charge in [-0.15, -0.1) is 10.2 Å². The zero-order chi connectivity index (χ0) is 27.9. The number of likely N-dealkylation sites (tertiary alicyclic amines) is 1. The number of ether oxygens (including phenoxy) is 3. The summed E-state index contributed by atoms with van der Waals surface area (Å²) in [4.78, 5) is 15.5. The lowest BCUT2D eigenvalue weighted by molar-refractivity contribution is -0.0533. The molecule has 2 aliphatic heterocycles. The summed E-state index contributed by atoms with van der Waals surface area (Å²) in [5.41, 5.74) is 3.43. The molecule has 3 heterocycles. The Morgan fingerprint density at radius 3 is 2.62 bits per heavy atom. The van der Waals surface area contributed by atoms with Gasteiger partial charge in [-0.1, -0.05) is 36.8 Å². The fourth-order valence-electron chi connectivity index (χ4n) is 6.64. The second-order valence-electron chi connectivity index (χ2n) is 11.6. The lowest BCUT2D eigenvalue weighted by Gasteiger charge is -2.38. The highest BCUT2D eigenvalue weighted by Gasteiger charge is 2.32. The van der Waals surface area contributed by atoms with E-state index < -0.39 is 0 Å². The van der Waals surface area contributed by atoms with E-state index >= 15 is 0 Å². The lowest BCUT2D eigenvalue weighted by Crippen LogP contribution is -2.54. The van der Waals surface area contributed by atoms with Crippen LogP contribution in [0, 0.1) is 12.8 Å². The van der Waals surface area contributed by atoms with Gasteiger partial charge in [0.2, 0.25) is 0 Å². The van der Waals surface area contributed by atoms with Gasteiger partial charge in [-0.2, -0.15) is 0 Å². The predicted molar refractivity (Wildman–Crippen MR) is 155 cm³/mol. The Kier molecular flexibility index (Phi) is 9.88. The van der Waals surface area contributed by atoms with E-state index in [1.807, 2.05) is 11.8 Å². The second kappa shape index (κ2) is 13.7. The van der Waals surface area contributed by atoms with Crippen LogP contribution in [-0.4, -0.2) is 86.3 Å². The second-order valence-corrected chi connectivity index (χ2v) is 11.6. The minimum absolute atomic E-state index is 0.0585. The Morgan fingerprint density at radius 1 is 1.07 bits per heavy atom. The molecule has 1 aromatic carbocycles. The molecule has 40 heavy (non-hydrogen) atoms. The van der Waals surface area contributed by atoms with Crippen molar-refractivity contribution < 1.29 is 19.0 Å². The number of carbonyl (C=O) groups excluding carboxylic acids is 1. The largest absolute Gasteiger partial charge is 0.478 e. The fraction of sp³-hybridized carbons (Fsp3) is 0.645. The Labute approximate surface area is 238 Å². The average molecular weight is 552 g/mol. The van der Waals surface area contributed by atoms with E-state index in [0.717, 1.165) is 50.1 Å². The summed E-state index contributed by atoms with van der Waals surface area (Å²) in [7, 11) is 3.35. The third-order valence-electron chi connectivity index (χ3n) is 9.04. The molecular formula is C31H45N5O4. The number of aromatic nitrogens is 2. The van der Waals surface area contributed by atoms with E-state index in [9.17, 15) is 4.79 Å². The third kappa shape index (κ3) is 6.75. The molecule has 5 rings (SSSR count). The quantitative estimate of drug-likeness (QED) is 0.479. The van der Waals surface area contributed by atoms with Crippen LogP contribution in [0.25, 0.3) is 0 Å². The van der Waals surface area contributed by atoms with Crippen molar-refractivity contribution in [3.63, 3.8) is 0 Å². The molecule has 2 N–H and O–H groups in total. The summed E-state index contributed by atoms with van der Waals surface area (Å²) in [6.07, 6.45) is 7.65. The standard InChI is InChI=1S/C31H45N5O4/c1-21-28(32-19-22-8-7-11-24(18-22)23-9-5-4-6-10-23)30(39-3)35-34-29(21)31(37)36-15-12-25(13-16-36)33-26-14-17-40-20-27(26)38-2/h4-6,9-10,22,24-27,33H,7-8,11-20H2,1-3H3,(H,32,34). The molecule has 4 unspecified atom stereocenters. The van der Waals surface area contributed by atoms with Crippen molar-refractivity contribution in [3.8, 4) is 5.88 Å². The highest BCUT2D eigenvalue weighted by atomic mass is 16.5. The molecule has 1 amide bonds. The number of rotatable bonds is 9. The number of carbonyl (C=O) groups is 1. The number of anilines is 1. The molecule has 2 saturated heterocycles. The van der Waals surface area contributed by atoms with Crippen LogP contribution in [-0.2, 0) is 9.47 Å². The summed E-state index contributed by atoms with van der Waals surface area (Å²) in [5.74, 6) is 1.53. The Hall–Kier alpha value is -2.75. The molecule has 1 aliphatic carbocycles. The normalized spacial score (nSPS) is 25.9. The van der Waals surface area contributed by atoms with Crippen LogP contribution in [0.4, 0.5) is 5.69 Å². The molecule has 0 radical (unpaired) electrons. The van der Waals surface area contributed by atoms with Gasteiger partial charge in [0, 0.05) is 51.0 Å². The van der Waals surface area contributed by atoms with Crippen LogP contribution in [0.2, 0.25) is 0 Å². The maximum Gasteiger partial charge on any atom is 0.274 e. The fourth-order valence-corrected chi connectivity index (χ4v) is 6.64. The maximum absolute atomic E-state index is 13.6. The van der Waals surface area contributed by atoms with Crippen molar-refractivity contribution in [2.45, 2.75) is 76.0 Å². The number of benzene rings is 1. The molecule has 3 aliphatic rings. The Balaban J connectivity index is 1.19. The predicted octanol–water partition coefficient (Wildman–Crippen LogP) is 4.18. The lowest BCUT2D eigenvalue weighted by atomic mass is 9.78. The number of hydrogen-bond donors (Lipinski definition) is 2. The van der Waals surface area contributed by atoms with Gasteiger partial charge in [-0.05, 0) is 62.8 Å². The Morgan fingerprint density at radius 2 is 1.88 bits per heavy atom. The van der Waals surface area contributed by atoms with E-state index in [2.05, 4.69) is 51.2 Å². The number of methoxy groups -OCH3 is 2. The zero-order valence-electron chi connectivity index (χ0n) is 24.2. The minimum atomic E-state index is -0.0585. The molecule has 1 saturated carbocycles. The van der Waals surface area contributed by atoms with Crippen molar-refractivity contribution in [2.75, 3.05) is 52.4 Å². The third-order valence-corrected chi connectivity index (χ3v) is 9.04. The van der Waals surface area contributed by atoms with Crippen LogP contribution >= 0.6 is 0 Å². The van der Waals surface area contributed by atoms with Crippen LogP contribution < -0.4 is 15.4 Å². The smallest absolute Gasteiger partial charge is 0.274 e. The van der Waals surface area contributed by atoms with Gasteiger partial charge >= 0.3 is 0 Å². The first-order valence-electron chi connectivity index (χ1n) is 14.9. The van der Waals surface area contributed by atoms with Crippen LogP contribution in [0.5, 0.6) is 5.88 Å². The number of piperidine rings is 1. The molecule has 9 heteroatoms. The van der Waals surface area contributed by atoms with Gasteiger partial charge < -0.3 is 29.7 Å². The first kappa shape index (κ1) is 28.8. The Bertz CT molecular complexity index is 1110. The molecule has 4 atom stereocenters. The molecule has 218 valence electrons. The van der Waals surface area contributed by atoms with Crippen LogP contribution in [0.3, 0.4) is 0 Å². The topological polar surface area (TPSA) is 97.8 Å². The highest BCUT2D eigenvalue weighted by molar-refractivity contribution is 5.95. The number of amides is 1. The van der Waals surface area contributed by atoms with Gasteiger partial charge in [-0.3, -0.25) is 4.79 Å². The van der Waals surface area contributed by atoms with Gasteiger partial charge in [0.1, 0.15) is 5.69 Å². The highest BCUT2D eigenvalue weighted by Crippen LogP contribution is 2.37. The SMILES string of the molecule is COc1nnc(C(=O)N2CCC(NC3CCOCC3OC)CC2)c(C)c1NCC1CCCC(c2ccccc2)C1. The van der Waals surface area contributed by atoms with Gasteiger partial charge in [0.05, 0.1) is 19.8 Å². The number of hydrogen-bond acceptors (Lipinski definition) is 8. The molecule has 0 spiro atoms. The van der Waals surface area contributed by atoms with E-state index in [4.69, 9.17) is 14.2 Å². The molecule has 1 aromatic heterocycles. The summed E-state index contributed by atoms with van der Waals surface area (Å²) < 4.78 is 16.7. The number of nitrogens with zero attached hydrogens (tertiary/aromatic N) is 3. The summed E-state index contributed by atoms with van der Waals surface area (Å²) in [6, 6.07) is 11.5. The summed E-state index contributed by atoms with van der Waals surface area (Å²) in [5, 5.41) is 16.0. The average Bonchev–Trinajstić information content (AvgIpc) is 3.01. The van der Waals surface area contributed by atoms with Crippen molar-refractivity contribution in [1.29, 1.82) is 0 Å². The van der Waals surface area contributed by atoms with E-state index in [1.54, 1.807) is 14.2 Å².